The molecule has 2 aromatic heterocycles. The molecule has 15 rings (SSSR count). The lowest BCUT2D eigenvalue weighted by Crippen LogP contribution is -2.69. The first-order chi connectivity index (χ1) is 27.2. The molecular weight excluding hydrogens is 679 g/mol. The summed E-state index contributed by atoms with van der Waals surface area (Å²) in [6, 6.07) is 52.6. The number of fused-ring (bicyclic) bond motifs is 14. The average molecular weight is 712 g/mol. The minimum Gasteiger partial charge on any atom is -0.308 e. The molecular formula is C53H33N3. The molecule has 2 bridgehead atoms. The maximum atomic E-state index is 11.2. The van der Waals surface area contributed by atoms with Crippen molar-refractivity contribution < 1.29 is 0 Å². The summed E-state index contributed by atoms with van der Waals surface area (Å²) in [5, 5.41) is 27.2. The molecule has 2 heterocycles. The lowest BCUT2D eigenvalue weighted by Gasteiger charge is -2.69. The predicted molar refractivity (Wildman–Crippen MR) is 221 cm³/mol. The van der Waals surface area contributed by atoms with Crippen LogP contribution in [0.2, 0.25) is 0 Å². The van der Waals surface area contributed by atoms with Crippen LogP contribution in [-0.4, -0.2) is 4.40 Å². The standard InChI is InChI=1S/C53H33N3/c1-49-32-16-5-7-18-34(32)50(2,35-19-8-6-17-33(35)49)46-42-30-14-13-15-31-43-41(56(48(30)31)40(42)24-28(26-54)44(46)49)25-29(27-55)45-47(43)53-39-23-12-11-22-38(39)51(53,3)36-20-9-10-21-37(36)52(45,53)4/h5-25H,1-4H3. The first-order valence-electron chi connectivity index (χ1n) is 19.8. The van der Waals surface area contributed by atoms with Gasteiger partial charge < -0.3 is 4.40 Å². The van der Waals surface area contributed by atoms with E-state index in [0.29, 0.717) is 0 Å². The number of para-hydroxylation sites is 1. The van der Waals surface area contributed by atoms with Gasteiger partial charge in [-0.1, -0.05) is 129 Å². The molecule has 3 atom stereocenters. The van der Waals surface area contributed by atoms with Crippen molar-refractivity contribution in [2.75, 3.05) is 0 Å². The third-order valence-electron chi connectivity index (χ3n) is 16.4. The molecule has 0 N–H and O–H groups in total. The van der Waals surface area contributed by atoms with E-state index in [1.807, 2.05) is 0 Å². The van der Waals surface area contributed by atoms with Gasteiger partial charge >= 0.3 is 0 Å². The average Bonchev–Trinajstić information content (AvgIpc) is 3.78. The second-order valence-electron chi connectivity index (χ2n) is 17.8. The molecule has 7 aromatic carbocycles. The third-order valence-corrected chi connectivity index (χ3v) is 16.4. The molecule has 3 nitrogen and oxygen atoms in total. The Balaban J connectivity index is 1.20. The van der Waals surface area contributed by atoms with Crippen LogP contribution in [0, 0.1) is 22.7 Å². The van der Waals surface area contributed by atoms with E-state index in [1.165, 1.54) is 88.3 Å². The van der Waals surface area contributed by atoms with Crippen LogP contribution in [0.5, 0.6) is 0 Å². The molecule has 0 fully saturated rings. The number of nitriles is 2. The lowest BCUT2D eigenvalue weighted by atomic mass is 9.32. The minimum atomic E-state index is -0.492. The smallest absolute Gasteiger partial charge is 0.0995 e. The van der Waals surface area contributed by atoms with Crippen molar-refractivity contribution in [2.45, 2.75) is 54.8 Å². The molecule has 1 spiro atoms. The highest BCUT2D eigenvalue weighted by Gasteiger charge is 2.81. The second-order valence-corrected chi connectivity index (χ2v) is 17.8. The van der Waals surface area contributed by atoms with E-state index in [0.717, 1.165) is 27.7 Å². The Morgan fingerprint density at radius 2 is 0.839 bits per heavy atom. The van der Waals surface area contributed by atoms with E-state index in [2.05, 4.69) is 172 Å². The summed E-state index contributed by atoms with van der Waals surface area (Å²) in [4.78, 5) is 0. The normalized spacial score (nSPS) is 27.6. The minimum absolute atomic E-state index is 0.242. The maximum Gasteiger partial charge on any atom is 0.0995 e. The van der Waals surface area contributed by atoms with Gasteiger partial charge in [0.25, 0.3) is 0 Å². The van der Waals surface area contributed by atoms with E-state index in [9.17, 15) is 10.5 Å². The highest BCUT2D eigenvalue weighted by molar-refractivity contribution is 6.26. The molecule has 56 heavy (non-hydrogen) atoms. The Bertz CT molecular complexity index is 3480. The van der Waals surface area contributed by atoms with Gasteiger partial charge in [0.15, 0.2) is 0 Å². The Kier molecular flexibility index (Phi) is 4.54. The van der Waals surface area contributed by atoms with E-state index in [4.69, 9.17) is 0 Å². The Morgan fingerprint density at radius 1 is 0.429 bits per heavy atom. The van der Waals surface area contributed by atoms with Gasteiger partial charge in [-0.3, -0.25) is 0 Å². The largest absolute Gasteiger partial charge is 0.308 e. The topological polar surface area (TPSA) is 52.0 Å². The summed E-state index contributed by atoms with van der Waals surface area (Å²) < 4.78 is 2.43. The molecule has 9 aromatic rings. The van der Waals surface area contributed by atoms with Gasteiger partial charge in [0.05, 0.1) is 39.8 Å². The summed E-state index contributed by atoms with van der Waals surface area (Å²) in [6.07, 6.45) is 0. The highest BCUT2D eigenvalue weighted by Crippen LogP contribution is 2.83. The zero-order valence-corrected chi connectivity index (χ0v) is 31.5. The molecule has 0 amide bonds. The summed E-state index contributed by atoms with van der Waals surface area (Å²) in [6.45, 7) is 9.59. The van der Waals surface area contributed by atoms with Crippen molar-refractivity contribution in [1.29, 1.82) is 10.5 Å². The van der Waals surface area contributed by atoms with Gasteiger partial charge in [-0.05, 0) is 92.7 Å². The highest BCUT2D eigenvalue weighted by atomic mass is 14.9. The quantitative estimate of drug-likeness (QED) is 0.157. The number of aromatic nitrogens is 1. The summed E-state index contributed by atoms with van der Waals surface area (Å²) in [5.74, 6) is 0. The molecule has 0 saturated carbocycles. The van der Waals surface area contributed by atoms with Crippen LogP contribution in [0.25, 0.3) is 38.1 Å². The number of hydrogen-bond donors (Lipinski definition) is 0. The molecule has 6 aliphatic carbocycles. The fourth-order valence-electron chi connectivity index (χ4n) is 14.6. The summed E-state index contributed by atoms with van der Waals surface area (Å²) in [7, 11) is 0. The first kappa shape index (κ1) is 29.6. The molecule has 0 saturated heterocycles. The van der Waals surface area contributed by atoms with Gasteiger partial charge in [-0.25, -0.2) is 0 Å². The van der Waals surface area contributed by atoms with Crippen molar-refractivity contribution in [3.63, 3.8) is 0 Å². The van der Waals surface area contributed by atoms with Crippen LogP contribution >= 0.6 is 0 Å². The molecule has 0 aliphatic heterocycles. The van der Waals surface area contributed by atoms with Gasteiger partial charge in [-0.2, -0.15) is 10.5 Å². The third kappa shape index (κ3) is 2.41. The zero-order valence-electron chi connectivity index (χ0n) is 31.5. The van der Waals surface area contributed by atoms with E-state index in [-0.39, 0.29) is 16.2 Å². The molecule has 3 unspecified atom stereocenters. The molecule has 0 radical (unpaired) electrons. The van der Waals surface area contributed by atoms with Gasteiger partial charge in [-0.15, -0.1) is 0 Å². The Morgan fingerprint density at radius 3 is 1.36 bits per heavy atom. The summed E-state index contributed by atoms with van der Waals surface area (Å²) in [5.41, 5.74) is 18.4. The van der Waals surface area contributed by atoms with E-state index >= 15 is 0 Å². The van der Waals surface area contributed by atoms with Crippen molar-refractivity contribution in [1.82, 2.24) is 4.40 Å². The number of rotatable bonds is 0. The Hall–Kier alpha value is -6.68. The Labute approximate surface area is 324 Å². The van der Waals surface area contributed by atoms with Gasteiger partial charge in [0.1, 0.15) is 0 Å². The van der Waals surface area contributed by atoms with E-state index < -0.39 is 10.8 Å². The zero-order chi connectivity index (χ0) is 37.5. The van der Waals surface area contributed by atoms with Crippen LogP contribution in [0.1, 0.15) is 106 Å². The van der Waals surface area contributed by atoms with Crippen molar-refractivity contribution >= 4 is 38.1 Å². The van der Waals surface area contributed by atoms with Crippen LogP contribution in [0.15, 0.2) is 127 Å². The van der Waals surface area contributed by atoms with Crippen LogP contribution in [0.3, 0.4) is 0 Å². The van der Waals surface area contributed by atoms with Crippen LogP contribution < -0.4 is 0 Å². The van der Waals surface area contributed by atoms with Crippen molar-refractivity contribution in [2.24, 2.45) is 0 Å². The van der Waals surface area contributed by atoms with Gasteiger partial charge in [0.2, 0.25) is 0 Å². The second kappa shape index (κ2) is 8.58. The fourth-order valence-corrected chi connectivity index (χ4v) is 14.6. The maximum absolute atomic E-state index is 11.2. The SMILES string of the molecule is CC12c3ccccc3C(C)(c3ccccc31)c1c2c(C#N)cc2c1c1cccc3c4c5c(c(C#N)cc4n2c13)C1(C)c2ccccc2C2(C)c3ccccc3C521. The van der Waals surface area contributed by atoms with Crippen LogP contribution in [0.4, 0.5) is 0 Å². The first-order valence-corrected chi connectivity index (χ1v) is 19.8. The van der Waals surface area contributed by atoms with E-state index in [1.54, 1.807) is 0 Å². The molecule has 3 heteroatoms. The number of benzene rings is 7. The van der Waals surface area contributed by atoms with Gasteiger partial charge in [0, 0.05) is 48.6 Å². The molecule has 260 valence electrons. The monoisotopic (exact) mass is 711 g/mol. The van der Waals surface area contributed by atoms with Crippen molar-refractivity contribution in [3.05, 3.63) is 205 Å². The van der Waals surface area contributed by atoms with Crippen molar-refractivity contribution in [3.8, 4) is 12.1 Å². The lowest BCUT2D eigenvalue weighted by molar-refractivity contribution is 0.170. The number of hydrogen-bond acceptors (Lipinski definition) is 2. The number of nitrogens with zero attached hydrogens (tertiary/aromatic N) is 3. The fraction of sp³-hybridized carbons (Fsp3) is 0.170. The summed E-state index contributed by atoms with van der Waals surface area (Å²) >= 11 is 0. The predicted octanol–water partition coefficient (Wildman–Crippen LogP) is 11.2. The van der Waals surface area contributed by atoms with Crippen LogP contribution in [-0.2, 0) is 27.1 Å². The molecule has 6 aliphatic rings.